The Bertz CT molecular complexity index is 538. The number of carboxylic acids is 1. The molecule has 0 unspecified atom stereocenters. The van der Waals surface area contributed by atoms with Gasteiger partial charge in [0.05, 0.1) is 5.56 Å². The first kappa shape index (κ1) is 13.3. The lowest BCUT2D eigenvalue weighted by Gasteiger charge is -2.20. The molecule has 1 aromatic rings. The average molecular weight is 274 g/mol. The highest BCUT2D eigenvalue weighted by Gasteiger charge is 2.64. The minimum atomic E-state index is -4.55. The molecule has 0 saturated heterocycles. The van der Waals surface area contributed by atoms with Crippen molar-refractivity contribution in [2.24, 2.45) is 0 Å². The van der Waals surface area contributed by atoms with E-state index in [1.807, 2.05) is 5.32 Å². The molecule has 1 heterocycles. The van der Waals surface area contributed by atoms with Crippen LogP contribution >= 0.6 is 0 Å². The van der Waals surface area contributed by atoms with Gasteiger partial charge in [0.1, 0.15) is 11.2 Å². The zero-order chi connectivity index (χ0) is 14.3. The quantitative estimate of drug-likeness (QED) is 0.877. The Balaban J connectivity index is 2.25. The molecule has 1 aromatic heterocycles. The molecule has 0 aromatic carbocycles. The van der Waals surface area contributed by atoms with Crippen molar-refractivity contribution < 1.29 is 27.9 Å². The number of halogens is 3. The van der Waals surface area contributed by atoms with Crippen LogP contribution in [0.2, 0.25) is 0 Å². The summed E-state index contributed by atoms with van der Waals surface area (Å²) in [6.45, 7) is 0. The molecule has 1 aliphatic rings. The Morgan fingerprint density at radius 2 is 2.00 bits per heavy atom. The van der Waals surface area contributed by atoms with Crippen LogP contribution in [-0.2, 0) is 0 Å². The Morgan fingerprint density at radius 3 is 2.47 bits per heavy atom. The number of carbonyl (C=O) groups excluding carboxylic acids is 1. The van der Waals surface area contributed by atoms with Crippen LogP contribution < -0.4 is 5.32 Å². The molecule has 19 heavy (non-hydrogen) atoms. The second-order valence-corrected chi connectivity index (χ2v) is 4.24. The highest BCUT2D eigenvalue weighted by Crippen LogP contribution is 2.49. The van der Waals surface area contributed by atoms with Gasteiger partial charge in [-0.05, 0) is 25.0 Å². The molecule has 5 nitrogen and oxygen atoms in total. The van der Waals surface area contributed by atoms with Gasteiger partial charge in [-0.15, -0.1) is 0 Å². The van der Waals surface area contributed by atoms with Crippen molar-refractivity contribution in [3.8, 4) is 0 Å². The number of nitrogens with zero attached hydrogens (tertiary/aromatic N) is 1. The molecule has 0 radical (unpaired) electrons. The van der Waals surface area contributed by atoms with E-state index in [4.69, 9.17) is 5.11 Å². The fourth-order valence-electron chi connectivity index (χ4n) is 1.64. The summed E-state index contributed by atoms with van der Waals surface area (Å²) in [4.78, 5) is 26.1. The molecule has 2 rings (SSSR count). The van der Waals surface area contributed by atoms with Gasteiger partial charge < -0.3 is 10.4 Å². The highest BCUT2D eigenvalue weighted by atomic mass is 19.4. The smallest absolute Gasteiger partial charge is 0.411 e. The van der Waals surface area contributed by atoms with Gasteiger partial charge in [-0.25, -0.2) is 4.79 Å². The second kappa shape index (κ2) is 4.22. The normalized spacial score (nSPS) is 16.8. The van der Waals surface area contributed by atoms with Gasteiger partial charge in [0, 0.05) is 6.20 Å². The van der Waals surface area contributed by atoms with Gasteiger partial charge in [-0.1, -0.05) is 0 Å². The standard InChI is InChI=1S/C11H9F3N2O3/c12-11(13,14)10(3-4-10)16-8(17)7-6(9(18)19)2-1-5-15-7/h1-2,5H,3-4H2,(H,16,17)(H,18,19). The number of aromatic carboxylic acids is 1. The van der Waals surface area contributed by atoms with Crippen LogP contribution in [0.4, 0.5) is 13.2 Å². The van der Waals surface area contributed by atoms with Crippen LogP contribution in [0.15, 0.2) is 18.3 Å². The Kier molecular flexibility index (Phi) is 2.95. The number of amides is 1. The topological polar surface area (TPSA) is 79.3 Å². The number of hydrogen-bond acceptors (Lipinski definition) is 3. The maximum Gasteiger partial charge on any atom is 0.411 e. The van der Waals surface area contributed by atoms with Crippen molar-refractivity contribution in [2.75, 3.05) is 0 Å². The van der Waals surface area contributed by atoms with E-state index in [1.54, 1.807) is 0 Å². The van der Waals surface area contributed by atoms with Gasteiger partial charge in [-0.3, -0.25) is 9.78 Å². The van der Waals surface area contributed by atoms with Crippen LogP contribution in [0, 0.1) is 0 Å². The van der Waals surface area contributed by atoms with E-state index in [0.29, 0.717) is 0 Å². The third-order valence-corrected chi connectivity index (χ3v) is 2.90. The lowest BCUT2D eigenvalue weighted by Crippen LogP contribution is -2.48. The molecular weight excluding hydrogens is 265 g/mol. The minimum Gasteiger partial charge on any atom is -0.478 e. The molecular formula is C11H9F3N2O3. The highest BCUT2D eigenvalue weighted by molar-refractivity contribution is 6.03. The maximum atomic E-state index is 12.7. The SMILES string of the molecule is O=C(O)c1cccnc1C(=O)NC1(C(F)(F)F)CC1. The third kappa shape index (κ3) is 2.38. The van der Waals surface area contributed by atoms with Crippen LogP contribution in [0.25, 0.3) is 0 Å². The molecule has 0 spiro atoms. The van der Waals surface area contributed by atoms with E-state index in [2.05, 4.69) is 4.98 Å². The summed E-state index contributed by atoms with van der Waals surface area (Å²) in [5.41, 5.74) is -3.19. The molecule has 8 heteroatoms. The van der Waals surface area contributed by atoms with Gasteiger partial charge in [0.25, 0.3) is 5.91 Å². The van der Waals surface area contributed by atoms with Crippen LogP contribution in [0.5, 0.6) is 0 Å². The molecule has 1 amide bonds. The van der Waals surface area contributed by atoms with Crippen LogP contribution in [0.1, 0.15) is 33.7 Å². The maximum absolute atomic E-state index is 12.7. The molecule has 1 fully saturated rings. The number of nitrogens with one attached hydrogen (secondary N) is 1. The summed E-state index contributed by atoms with van der Waals surface area (Å²) < 4.78 is 38.0. The van der Waals surface area contributed by atoms with Gasteiger partial charge in [0.2, 0.25) is 0 Å². The Morgan fingerprint density at radius 1 is 1.37 bits per heavy atom. The predicted molar refractivity (Wildman–Crippen MR) is 56.7 cm³/mol. The predicted octanol–water partition coefficient (Wildman–Crippen LogP) is 1.60. The number of carboxylic acid groups (broad SMARTS) is 1. The molecule has 1 saturated carbocycles. The number of hydrogen-bond donors (Lipinski definition) is 2. The Labute approximate surface area is 105 Å². The van der Waals surface area contributed by atoms with Gasteiger partial charge in [0.15, 0.2) is 0 Å². The van der Waals surface area contributed by atoms with Gasteiger partial charge in [-0.2, -0.15) is 13.2 Å². The van der Waals surface area contributed by atoms with Crippen molar-refractivity contribution in [1.29, 1.82) is 0 Å². The number of carbonyl (C=O) groups is 2. The minimum absolute atomic E-state index is 0.211. The van der Waals surface area contributed by atoms with Gasteiger partial charge >= 0.3 is 12.1 Å². The summed E-state index contributed by atoms with van der Waals surface area (Å²) in [5, 5.41) is 10.7. The van der Waals surface area contributed by atoms with Crippen LogP contribution in [-0.4, -0.2) is 33.7 Å². The van der Waals surface area contributed by atoms with E-state index in [1.165, 1.54) is 6.07 Å². The number of alkyl halides is 3. The first-order valence-electron chi connectivity index (χ1n) is 5.34. The molecule has 0 atom stereocenters. The fourth-order valence-corrected chi connectivity index (χ4v) is 1.64. The summed E-state index contributed by atoms with van der Waals surface area (Å²) in [6, 6.07) is 2.40. The number of rotatable bonds is 3. The molecule has 2 N–H and O–H groups in total. The zero-order valence-corrected chi connectivity index (χ0v) is 9.49. The van der Waals surface area contributed by atoms with Crippen molar-refractivity contribution >= 4 is 11.9 Å². The average Bonchev–Trinajstić information content (AvgIpc) is 3.09. The first-order valence-corrected chi connectivity index (χ1v) is 5.34. The fraction of sp³-hybridized carbons (Fsp3) is 0.364. The summed E-state index contributed by atoms with van der Waals surface area (Å²) in [6.07, 6.45) is -3.83. The first-order chi connectivity index (χ1) is 8.77. The lowest BCUT2D eigenvalue weighted by molar-refractivity contribution is -0.163. The number of pyridine rings is 1. The summed E-state index contributed by atoms with van der Waals surface area (Å²) in [5.74, 6) is -2.55. The van der Waals surface area contributed by atoms with E-state index in [9.17, 15) is 22.8 Å². The summed E-state index contributed by atoms with van der Waals surface area (Å²) >= 11 is 0. The van der Waals surface area contributed by atoms with E-state index >= 15 is 0 Å². The third-order valence-electron chi connectivity index (χ3n) is 2.90. The van der Waals surface area contributed by atoms with Crippen molar-refractivity contribution in [3.05, 3.63) is 29.6 Å². The van der Waals surface area contributed by atoms with Crippen molar-refractivity contribution in [1.82, 2.24) is 10.3 Å². The van der Waals surface area contributed by atoms with E-state index in [-0.39, 0.29) is 12.8 Å². The zero-order valence-electron chi connectivity index (χ0n) is 9.49. The largest absolute Gasteiger partial charge is 0.478 e. The van der Waals surface area contributed by atoms with Crippen molar-refractivity contribution in [3.63, 3.8) is 0 Å². The summed E-state index contributed by atoms with van der Waals surface area (Å²) in [7, 11) is 0. The molecule has 102 valence electrons. The Hall–Kier alpha value is -2.12. The van der Waals surface area contributed by atoms with Crippen LogP contribution in [0.3, 0.4) is 0 Å². The monoisotopic (exact) mass is 274 g/mol. The second-order valence-electron chi connectivity index (χ2n) is 4.24. The van der Waals surface area contributed by atoms with Crippen molar-refractivity contribution in [2.45, 2.75) is 24.6 Å². The van der Waals surface area contributed by atoms with E-state index < -0.39 is 34.8 Å². The number of aromatic nitrogens is 1. The lowest BCUT2D eigenvalue weighted by atomic mass is 10.1. The molecule has 0 aliphatic heterocycles. The molecule has 1 aliphatic carbocycles. The molecule has 0 bridgehead atoms. The van der Waals surface area contributed by atoms with E-state index in [0.717, 1.165) is 12.3 Å².